The highest BCUT2D eigenvalue weighted by atomic mass is 79.9. The summed E-state index contributed by atoms with van der Waals surface area (Å²) in [7, 11) is 0. The second-order valence-corrected chi connectivity index (χ2v) is 7.31. The molecular weight excluding hydrogens is 324 g/mol. The van der Waals surface area contributed by atoms with Gasteiger partial charge in [0, 0.05) is 29.4 Å². The molecule has 20 heavy (non-hydrogen) atoms. The topological polar surface area (TPSA) is 63.5 Å². The highest BCUT2D eigenvalue weighted by Gasteiger charge is 2.31. The number of nitro groups is 1. The number of halogens is 1. The van der Waals surface area contributed by atoms with Crippen LogP contribution >= 0.6 is 15.9 Å². The van der Waals surface area contributed by atoms with Crippen molar-refractivity contribution in [2.75, 3.05) is 11.4 Å². The van der Waals surface area contributed by atoms with Crippen molar-refractivity contribution in [3.05, 3.63) is 33.9 Å². The number of carbonyl (C=O) groups excluding carboxylic acids is 1. The minimum absolute atomic E-state index is 0.00955. The molecule has 1 amide bonds. The number of carbonyl (C=O) groups is 1. The zero-order chi connectivity index (χ0) is 15.1. The summed E-state index contributed by atoms with van der Waals surface area (Å²) in [5.41, 5.74) is 1.03. The zero-order valence-electron chi connectivity index (χ0n) is 11.7. The van der Waals surface area contributed by atoms with Gasteiger partial charge in [0.1, 0.15) is 0 Å². The third kappa shape index (κ3) is 2.85. The first-order valence-electron chi connectivity index (χ1n) is 6.43. The highest BCUT2D eigenvalue weighted by molar-refractivity contribution is 9.09. The maximum atomic E-state index is 11.9. The Bertz CT molecular complexity index is 566. The van der Waals surface area contributed by atoms with Crippen LogP contribution in [0.5, 0.6) is 0 Å². The Morgan fingerprint density at radius 1 is 1.40 bits per heavy atom. The molecule has 0 radical (unpaired) electrons. The summed E-state index contributed by atoms with van der Waals surface area (Å²) in [6, 6.07) is 5.04. The van der Waals surface area contributed by atoms with Crippen LogP contribution in [0.1, 0.15) is 32.8 Å². The lowest BCUT2D eigenvalue weighted by Crippen LogP contribution is -2.25. The number of hydrogen-bond donors (Lipinski definition) is 0. The van der Waals surface area contributed by atoms with E-state index >= 15 is 0 Å². The number of amides is 1. The number of benzene rings is 1. The molecule has 0 aliphatic carbocycles. The molecule has 0 bridgehead atoms. The van der Waals surface area contributed by atoms with Gasteiger partial charge in [-0.1, -0.05) is 36.7 Å². The molecule has 1 heterocycles. The quantitative estimate of drug-likeness (QED) is 0.471. The fraction of sp³-hybridized carbons (Fsp3) is 0.500. The Morgan fingerprint density at radius 2 is 2.05 bits per heavy atom. The molecular formula is C14H17BrN2O3. The number of alkyl halides is 1. The van der Waals surface area contributed by atoms with E-state index in [2.05, 4.69) is 15.9 Å². The minimum Gasteiger partial charge on any atom is -0.311 e. The first-order valence-corrected chi connectivity index (χ1v) is 7.35. The Morgan fingerprint density at radius 3 is 2.50 bits per heavy atom. The number of nitrogens with zero attached hydrogens (tertiary/aromatic N) is 2. The molecule has 1 aromatic carbocycles. The highest BCUT2D eigenvalue weighted by Crippen LogP contribution is 2.35. The van der Waals surface area contributed by atoms with Gasteiger partial charge in [-0.05, 0) is 17.5 Å². The first kappa shape index (κ1) is 15.0. The average molecular weight is 341 g/mol. The van der Waals surface area contributed by atoms with Gasteiger partial charge in [-0.2, -0.15) is 0 Å². The first-order chi connectivity index (χ1) is 9.20. The van der Waals surface area contributed by atoms with E-state index in [9.17, 15) is 14.9 Å². The van der Waals surface area contributed by atoms with Crippen LogP contribution in [0, 0.1) is 10.1 Å². The molecule has 1 unspecified atom stereocenters. The minimum atomic E-state index is -0.379. The van der Waals surface area contributed by atoms with Crippen LogP contribution in [-0.4, -0.2) is 22.2 Å². The SMILES string of the molecule is CC(C)(C)c1ccc(N2CC(Br)CC2=O)cc1[N+](=O)[O-]. The molecule has 1 aromatic rings. The second-order valence-electron chi connectivity index (χ2n) is 6.01. The van der Waals surface area contributed by atoms with Crippen molar-refractivity contribution < 1.29 is 9.72 Å². The monoisotopic (exact) mass is 340 g/mol. The van der Waals surface area contributed by atoms with Crippen LogP contribution in [0.15, 0.2) is 18.2 Å². The van der Waals surface area contributed by atoms with Gasteiger partial charge in [0.25, 0.3) is 5.69 Å². The van der Waals surface area contributed by atoms with Crippen molar-refractivity contribution in [2.24, 2.45) is 0 Å². The van der Waals surface area contributed by atoms with E-state index in [0.717, 1.165) is 0 Å². The van der Waals surface area contributed by atoms with Gasteiger partial charge in [0.2, 0.25) is 5.91 Å². The molecule has 0 aromatic heterocycles. The normalized spacial score (nSPS) is 19.5. The van der Waals surface area contributed by atoms with E-state index in [1.807, 2.05) is 20.8 Å². The van der Waals surface area contributed by atoms with Gasteiger partial charge in [-0.3, -0.25) is 14.9 Å². The summed E-state index contributed by atoms with van der Waals surface area (Å²) >= 11 is 3.41. The van der Waals surface area contributed by atoms with Crippen molar-refractivity contribution in [1.82, 2.24) is 0 Å². The summed E-state index contributed by atoms with van der Waals surface area (Å²) < 4.78 is 0. The lowest BCUT2D eigenvalue weighted by atomic mass is 9.85. The standard InChI is InChI=1S/C14H17BrN2O3/c1-14(2,3)11-5-4-10(7-12(11)17(19)20)16-8-9(15)6-13(16)18/h4-5,7,9H,6,8H2,1-3H3. The van der Waals surface area contributed by atoms with Crippen molar-refractivity contribution in [1.29, 1.82) is 0 Å². The lowest BCUT2D eigenvalue weighted by Gasteiger charge is -2.21. The van der Waals surface area contributed by atoms with Gasteiger partial charge in [0.15, 0.2) is 0 Å². The molecule has 5 nitrogen and oxygen atoms in total. The van der Waals surface area contributed by atoms with Crippen molar-refractivity contribution in [3.63, 3.8) is 0 Å². The summed E-state index contributed by atoms with van der Waals surface area (Å²) in [6.45, 7) is 6.35. The van der Waals surface area contributed by atoms with Crippen LogP contribution in [-0.2, 0) is 10.2 Å². The third-order valence-electron chi connectivity index (χ3n) is 3.38. The summed E-state index contributed by atoms with van der Waals surface area (Å²) in [4.78, 5) is 24.5. The van der Waals surface area contributed by atoms with E-state index in [0.29, 0.717) is 24.2 Å². The maximum absolute atomic E-state index is 11.9. The molecule has 2 rings (SSSR count). The van der Waals surface area contributed by atoms with E-state index in [-0.39, 0.29) is 26.8 Å². The summed E-state index contributed by atoms with van der Waals surface area (Å²) in [5, 5.41) is 11.3. The Labute approximate surface area is 126 Å². The lowest BCUT2D eigenvalue weighted by molar-refractivity contribution is -0.385. The van der Waals surface area contributed by atoms with Gasteiger partial charge >= 0.3 is 0 Å². The van der Waals surface area contributed by atoms with Crippen LogP contribution in [0.25, 0.3) is 0 Å². The van der Waals surface area contributed by atoms with Gasteiger partial charge in [0.05, 0.1) is 10.6 Å². The Kier molecular flexibility index (Phi) is 3.86. The Hall–Kier alpha value is -1.43. The molecule has 6 heteroatoms. The maximum Gasteiger partial charge on any atom is 0.275 e. The molecule has 1 saturated heterocycles. The van der Waals surface area contributed by atoms with Gasteiger partial charge < -0.3 is 4.90 Å². The summed E-state index contributed by atoms with van der Waals surface area (Å²) in [6.07, 6.45) is 0.425. The van der Waals surface area contributed by atoms with E-state index in [1.165, 1.54) is 6.07 Å². The molecule has 1 atom stereocenters. The molecule has 1 aliphatic rings. The van der Waals surface area contributed by atoms with Crippen molar-refractivity contribution in [3.8, 4) is 0 Å². The molecule has 0 spiro atoms. The van der Waals surface area contributed by atoms with Crippen LogP contribution in [0.4, 0.5) is 11.4 Å². The Balaban J connectivity index is 2.46. The molecule has 108 valence electrons. The predicted molar refractivity (Wildman–Crippen MR) is 81.5 cm³/mol. The number of rotatable bonds is 2. The second kappa shape index (κ2) is 5.16. The molecule has 1 fully saturated rings. The van der Waals surface area contributed by atoms with Crippen molar-refractivity contribution in [2.45, 2.75) is 37.4 Å². The largest absolute Gasteiger partial charge is 0.311 e. The molecule has 1 aliphatic heterocycles. The van der Waals surface area contributed by atoms with Crippen molar-refractivity contribution >= 4 is 33.2 Å². The average Bonchev–Trinajstić information content (AvgIpc) is 2.66. The van der Waals surface area contributed by atoms with Crippen LogP contribution in [0.3, 0.4) is 0 Å². The van der Waals surface area contributed by atoms with E-state index in [1.54, 1.807) is 17.0 Å². The fourth-order valence-electron chi connectivity index (χ4n) is 2.39. The van der Waals surface area contributed by atoms with Gasteiger partial charge in [-0.25, -0.2) is 0 Å². The van der Waals surface area contributed by atoms with Gasteiger partial charge in [-0.15, -0.1) is 0 Å². The van der Waals surface area contributed by atoms with E-state index in [4.69, 9.17) is 0 Å². The molecule has 0 saturated carbocycles. The van der Waals surface area contributed by atoms with Crippen LogP contribution in [0.2, 0.25) is 0 Å². The smallest absolute Gasteiger partial charge is 0.275 e. The number of hydrogen-bond acceptors (Lipinski definition) is 3. The number of nitro benzene ring substituents is 1. The zero-order valence-corrected chi connectivity index (χ0v) is 13.3. The number of anilines is 1. The predicted octanol–water partition coefficient (Wildman–Crippen LogP) is 3.39. The van der Waals surface area contributed by atoms with Crippen LogP contribution < -0.4 is 4.90 Å². The fourth-order valence-corrected chi connectivity index (χ4v) is 2.95. The summed E-state index contributed by atoms with van der Waals surface area (Å²) in [5.74, 6) is -0.00955. The molecule has 0 N–H and O–H groups in total. The van der Waals surface area contributed by atoms with E-state index < -0.39 is 0 Å². The third-order valence-corrected chi connectivity index (χ3v) is 3.99.